The Balaban J connectivity index is 2.43. The van der Waals surface area contributed by atoms with Crippen LogP contribution in [-0.4, -0.2) is 17.6 Å². The van der Waals surface area contributed by atoms with Crippen LogP contribution in [0.25, 0.3) is 0 Å². The number of aromatic nitrogens is 1. The summed E-state index contributed by atoms with van der Waals surface area (Å²) in [6.07, 6.45) is 1.83. The summed E-state index contributed by atoms with van der Waals surface area (Å²) < 4.78 is 0. The lowest BCUT2D eigenvalue weighted by Crippen LogP contribution is -2.31. The van der Waals surface area contributed by atoms with Gasteiger partial charge in [-0.3, -0.25) is 0 Å². The molecule has 1 atom stereocenters. The lowest BCUT2D eigenvalue weighted by atomic mass is 10.1. The highest BCUT2D eigenvalue weighted by Crippen LogP contribution is 2.26. The van der Waals surface area contributed by atoms with Gasteiger partial charge < -0.3 is 10.6 Å². The monoisotopic (exact) mass is 163 g/mol. The van der Waals surface area contributed by atoms with Crippen molar-refractivity contribution in [3.63, 3.8) is 0 Å². The second-order valence-electron chi connectivity index (χ2n) is 3.28. The third kappa shape index (κ3) is 1.11. The molecule has 1 unspecified atom stereocenters. The molecule has 0 bridgehead atoms. The van der Waals surface area contributed by atoms with Crippen molar-refractivity contribution in [3.8, 4) is 0 Å². The van der Waals surface area contributed by atoms with Crippen LogP contribution in [0.15, 0.2) is 12.3 Å². The molecule has 0 fully saturated rings. The first kappa shape index (κ1) is 7.40. The quantitative estimate of drug-likeness (QED) is 0.610. The predicted octanol–water partition coefficient (Wildman–Crippen LogP) is 1.62. The zero-order chi connectivity index (χ0) is 8.55. The summed E-state index contributed by atoms with van der Waals surface area (Å²) in [7, 11) is 0. The summed E-state index contributed by atoms with van der Waals surface area (Å²) in [6.45, 7) is 5.19. The molecule has 0 aliphatic carbocycles. The fraction of sp³-hybridized carbons (Fsp3) is 0.444. The molecule has 2 N–H and O–H groups in total. The fourth-order valence-corrected chi connectivity index (χ4v) is 1.42. The van der Waals surface area contributed by atoms with E-state index < -0.39 is 0 Å². The van der Waals surface area contributed by atoms with Gasteiger partial charge in [0, 0.05) is 18.8 Å². The van der Waals surface area contributed by atoms with E-state index in [4.69, 9.17) is 0 Å². The maximum absolute atomic E-state index is 4.24. The van der Waals surface area contributed by atoms with Crippen LogP contribution in [0.5, 0.6) is 0 Å². The Bertz CT molecular complexity index is 296. The van der Waals surface area contributed by atoms with E-state index in [0.29, 0.717) is 6.04 Å². The number of anilines is 2. The van der Waals surface area contributed by atoms with Gasteiger partial charge in [-0.2, -0.15) is 0 Å². The number of hydrogen-bond donors (Lipinski definition) is 2. The third-order valence-corrected chi connectivity index (χ3v) is 2.13. The van der Waals surface area contributed by atoms with Crippen molar-refractivity contribution in [3.05, 3.63) is 17.8 Å². The molecule has 0 amide bonds. The van der Waals surface area contributed by atoms with Crippen LogP contribution in [0.2, 0.25) is 0 Å². The number of nitrogens with one attached hydrogen (secondary N) is 2. The first-order valence-corrected chi connectivity index (χ1v) is 4.23. The number of pyridine rings is 1. The zero-order valence-corrected chi connectivity index (χ0v) is 7.39. The molecule has 0 radical (unpaired) electrons. The number of hydrogen-bond acceptors (Lipinski definition) is 3. The molecule has 1 aromatic heterocycles. The average molecular weight is 163 g/mol. The van der Waals surface area contributed by atoms with E-state index in [1.807, 2.05) is 12.3 Å². The molecule has 12 heavy (non-hydrogen) atoms. The van der Waals surface area contributed by atoms with Gasteiger partial charge in [0.25, 0.3) is 0 Å². The van der Waals surface area contributed by atoms with E-state index in [9.17, 15) is 0 Å². The van der Waals surface area contributed by atoms with Gasteiger partial charge in [0.05, 0.1) is 5.69 Å². The van der Waals surface area contributed by atoms with Crippen LogP contribution in [-0.2, 0) is 0 Å². The Kier molecular flexibility index (Phi) is 1.64. The molecule has 0 spiro atoms. The van der Waals surface area contributed by atoms with Crippen LogP contribution in [0.1, 0.15) is 12.5 Å². The van der Waals surface area contributed by atoms with E-state index in [1.165, 1.54) is 5.56 Å². The second-order valence-corrected chi connectivity index (χ2v) is 3.28. The van der Waals surface area contributed by atoms with Crippen molar-refractivity contribution in [2.75, 3.05) is 17.2 Å². The Morgan fingerprint density at radius 1 is 1.58 bits per heavy atom. The highest BCUT2D eigenvalue weighted by molar-refractivity contribution is 5.70. The van der Waals surface area contributed by atoms with Crippen molar-refractivity contribution in [1.82, 2.24) is 4.98 Å². The summed E-state index contributed by atoms with van der Waals surface area (Å²) in [6, 6.07) is 2.51. The van der Waals surface area contributed by atoms with Gasteiger partial charge in [-0.05, 0) is 25.5 Å². The van der Waals surface area contributed by atoms with E-state index in [1.54, 1.807) is 0 Å². The van der Waals surface area contributed by atoms with Crippen LogP contribution in [0.3, 0.4) is 0 Å². The predicted molar refractivity (Wildman–Crippen MR) is 50.5 cm³/mol. The van der Waals surface area contributed by atoms with Gasteiger partial charge in [-0.1, -0.05) is 0 Å². The largest absolute Gasteiger partial charge is 0.378 e. The minimum atomic E-state index is 0.486. The Morgan fingerprint density at radius 3 is 3.25 bits per heavy atom. The summed E-state index contributed by atoms with van der Waals surface area (Å²) in [5.41, 5.74) is 2.40. The van der Waals surface area contributed by atoms with Crippen LogP contribution in [0, 0.1) is 6.92 Å². The Hall–Kier alpha value is -1.25. The molecule has 3 nitrogen and oxygen atoms in total. The van der Waals surface area contributed by atoms with Crippen LogP contribution < -0.4 is 10.6 Å². The SMILES string of the molecule is Cc1ccnc2c1NC(C)CN2. The average Bonchev–Trinajstić information content (AvgIpc) is 2.07. The van der Waals surface area contributed by atoms with Crippen molar-refractivity contribution in [1.29, 1.82) is 0 Å². The molecule has 0 saturated heterocycles. The van der Waals surface area contributed by atoms with Crippen LogP contribution >= 0.6 is 0 Å². The van der Waals surface area contributed by atoms with Gasteiger partial charge in [-0.15, -0.1) is 0 Å². The minimum Gasteiger partial charge on any atom is -0.378 e. The lowest BCUT2D eigenvalue weighted by Gasteiger charge is -2.25. The van der Waals surface area contributed by atoms with E-state index in [2.05, 4.69) is 29.5 Å². The van der Waals surface area contributed by atoms with Gasteiger partial charge in [0.1, 0.15) is 5.82 Å². The number of fused-ring (bicyclic) bond motifs is 1. The van der Waals surface area contributed by atoms with E-state index in [-0.39, 0.29) is 0 Å². The Labute approximate surface area is 72.2 Å². The highest BCUT2D eigenvalue weighted by Gasteiger charge is 2.14. The third-order valence-electron chi connectivity index (χ3n) is 2.13. The van der Waals surface area contributed by atoms with Crippen molar-refractivity contribution in [2.24, 2.45) is 0 Å². The molecule has 3 heteroatoms. The molecular formula is C9H13N3. The first-order valence-electron chi connectivity index (χ1n) is 4.23. The standard InChI is InChI=1S/C9H13N3/c1-6-3-4-10-9-8(6)12-7(2)5-11-9/h3-4,7,12H,5H2,1-2H3,(H,10,11). The van der Waals surface area contributed by atoms with Gasteiger partial charge in [-0.25, -0.2) is 4.98 Å². The van der Waals surface area contributed by atoms with Gasteiger partial charge in [0.15, 0.2) is 0 Å². The smallest absolute Gasteiger partial charge is 0.149 e. The number of aryl methyl sites for hydroxylation is 1. The number of nitrogens with zero attached hydrogens (tertiary/aromatic N) is 1. The maximum atomic E-state index is 4.24. The summed E-state index contributed by atoms with van der Waals surface area (Å²) in [5, 5.41) is 6.68. The van der Waals surface area contributed by atoms with E-state index in [0.717, 1.165) is 18.1 Å². The molecule has 1 aliphatic heterocycles. The molecule has 0 aromatic carbocycles. The molecule has 1 aromatic rings. The lowest BCUT2D eigenvalue weighted by molar-refractivity contribution is 0.808. The highest BCUT2D eigenvalue weighted by atomic mass is 15.1. The van der Waals surface area contributed by atoms with Crippen molar-refractivity contribution < 1.29 is 0 Å². The summed E-state index contributed by atoms with van der Waals surface area (Å²) >= 11 is 0. The zero-order valence-electron chi connectivity index (χ0n) is 7.39. The number of rotatable bonds is 0. The summed E-state index contributed by atoms with van der Waals surface area (Å²) in [4.78, 5) is 4.24. The van der Waals surface area contributed by atoms with Gasteiger partial charge >= 0.3 is 0 Å². The summed E-state index contributed by atoms with van der Waals surface area (Å²) in [5.74, 6) is 0.980. The van der Waals surface area contributed by atoms with Crippen molar-refractivity contribution in [2.45, 2.75) is 19.9 Å². The first-order chi connectivity index (χ1) is 5.77. The Morgan fingerprint density at radius 2 is 2.42 bits per heavy atom. The van der Waals surface area contributed by atoms with Crippen molar-refractivity contribution >= 4 is 11.5 Å². The van der Waals surface area contributed by atoms with Gasteiger partial charge in [0.2, 0.25) is 0 Å². The minimum absolute atomic E-state index is 0.486. The molecule has 2 rings (SSSR count). The molecule has 2 heterocycles. The fourth-order valence-electron chi connectivity index (χ4n) is 1.42. The molecule has 1 aliphatic rings. The molecular weight excluding hydrogens is 150 g/mol. The molecule has 0 saturated carbocycles. The normalized spacial score (nSPS) is 20.7. The second kappa shape index (κ2) is 2.66. The topological polar surface area (TPSA) is 37.0 Å². The van der Waals surface area contributed by atoms with Crippen LogP contribution in [0.4, 0.5) is 11.5 Å². The molecule has 64 valence electrons. The van der Waals surface area contributed by atoms with E-state index >= 15 is 0 Å². The maximum Gasteiger partial charge on any atom is 0.149 e.